The van der Waals surface area contributed by atoms with Crippen molar-refractivity contribution >= 4 is 0 Å². The molecule has 1 heterocycles. The van der Waals surface area contributed by atoms with Crippen molar-refractivity contribution < 1.29 is 9.84 Å². The molecule has 0 spiro atoms. The number of ether oxygens (including phenoxy) is 1. The SMILES string of the molecule is C/C=C(\C)[C@@](C#N)(C[C@H](C)[C@H](O)CC)c1ccc(OC)nc1C. The molecule has 126 valence electrons. The first kappa shape index (κ1) is 19.2. The number of nitriles is 1. The Balaban J connectivity index is 3.44. The Morgan fingerprint density at radius 1 is 1.52 bits per heavy atom. The molecule has 0 aliphatic carbocycles. The van der Waals surface area contributed by atoms with Crippen molar-refractivity contribution in [1.82, 2.24) is 4.98 Å². The van der Waals surface area contributed by atoms with E-state index in [9.17, 15) is 10.4 Å². The van der Waals surface area contributed by atoms with Crippen LogP contribution in [0, 0.1) is 24.2 Å². The predicted molar refractivity (Wildman–Crippen MR) is 92.3 cm³/mol. The normalized spacial score (nSPS) is 17.0. The minimum absolute atomic E-state index is 0.0102. The van der Waals surface area contributed by atoms with Crippen molar-refractivity contribution in [2.75, 3.05) is 7.11 Å². The smallest absolute Gasteiger partial charge is 0.213 e. The number of pyridine rings is 1. The Morgan fingerprint density at radius 3 is 2.61 bits per heavy atom. The average molecular weight is 316 g/mol. The summed E-state index contributed by atoms with van der Waals surface area (Å²) in [5.41, 5.74) is 1.86. The van der Waals surface area contributed by atoms with Gasteiger partial charge in [0.25, 0.3) is 0 Å². The van der Waals surface area contributed by atoms with Crippen LogP contribution in [-0.4, -0.2) is 23.3 Å². The van der Waals surface area contributed by atoms with Crippen LogP contribution < -0.4 is 4.74 Å². The molecule has 23 heavy (non-hydrogen) atoms. The second-order valence-corrected chi connectivity index (χ2v) is 6.13. The molecule has 0 bridgehead atoms. The monoisotopic (exact) mass is 316 g/mol. The lowest BCUT2D eigenvalue weighted by atomic mass is 9.69. The van der Waals surface area contributed by atoms with Crippen LogP contribution in [0.5, 0.6) is 5.88 Å². The quantitative estimate of drug-likeness (QED) is 0.774. The molecule has 1 aromatic rings. The van der Waals surface area contributed by atoms with Gasteiger partial charge in [-0.3, -0.25) is 0 Å². The number of aliphatic hydroxyl groups is 1. The maximum Gasteiger partial charge on any atom is 0.213 e. The fourth-order valence-corrected chi connectivity index (χ4v) is 3.05. The molecule has 1 rings (SSSR count). The predicted octanol–water partition coefficient (Wildman–Crippen LogP) is 3.92. The van der Waals surface area contributed by atoms with Crippen LogP contribution >= 0.6 is 0 Å². The number of rotatable bonds is 7. The van der Waals surface area contributed by atoms with Gasteiger partial charge < -0.3 is 9.84 Å². The van der Waals surface area contributed by atoms with E-state index in [1.54, 1.807) is 13.2 Å². The van der Waals surface area contributed by atoms with Gasteiger partial charge in [0, 0.05) is 11.8 Å². The number of aliphatic hydroxyl groups excluding tert-OH is 1. The summed E-state index contributed by atoms with van der Waals surface area (Å²) < 4.78 is 5.17. The topological polar surface area (TPSA) is 66.1 Å². The largest absolute Gasteiger partial charge is 0.481 e. The van der Waals surface area contributed by atoms with Gasteiger partial charge in [-0.1, -0.05) is 25.5 Å². The molecule has 0 saturated heterocycles. The fourth-order valence-electron chi connectivity index (χ4n) is 3.05. The molecule has 0 aromatic carbocycles. The highest BCUT2D eigenvalue weighted by molar-refractivity contribution is 5.46. The lowest BCUT2D eigenvalue weighted by Crippen LogP contribution is -2.33. The summed E-state index contributed by atoms with van der Waals surface area (Å²) >= 11 is 0. The first-order valence-electron chi connectivity index (χ1n) is 8.11. The lowest BCUT2D eigenvalue weighted by Gasteiger charge is -2.33. The van der Waals surface area contributed by atoms with Crippen molar-refractivity contribution in [3.05, 3.63) is 35.0 Å². The fraction of sp³-hybridized carbons (Fsp3) is 0.579. The highest BCUT2D eigenvalue weighted by atomic mass is 16.5. The average Bonchev–Trinajstić information content (AvgIpc) is 2.58. The molecular weight excluding hydrogens is 288 g/mol. The molecular formula is C19H28N2O2. The number of aromatic nitrogens is 1. The van der Waals surface area contributed by atoms with Gasteiger partial charge in [0.15, 0.2) is 0 Å². The summed E-state index contributed by atoms with van der Waals surface area (Å²) in [7, 11) is 1.58. The van der Waals surface area contributed by atoms with Crippen LogP contribution in [0.25, 0.3) is 0 Å². The summed E-state index contributed by atoms with van der Waals surface area (Å²) in [4.78, 5) is 4.43. The Labute approximate surface area is 139 Å². The zero-order chi connectivity index (χ0) is 17.6. The molecule has 0 radical (unpaired) electrons. The Bertz CT molecular complexity index is 604. The van der Waals surface area contributed by atoms with Crippen LogP contribution in [-0.2, 0) is 5.41 Å². The Morgan fingerprint density at radius 2 is 2.17 bits per heavy atom. The highest BCUT2D eigenvalue weighted by Gasteiger charge is 2.38. The van der Waals surface area contributed by atoms with Crippen molar-refractivity contribution in [2.45, 2.75) is 59.0 Å². The zero-order valence-electron chi connectivity index (χ0n) is 15.1. The summed E-state index contributed by atoms with van der Waals surface area (Å²) in [5.74, 6) is 0.550. The van der Waals surface area contributed by atoms with Gasteiger partial charge >= 0.3 is 0 Å². The zero-order valence-corrected chi connectivity index (χ0v) is 15.1. The maximum absolute atomic E-state index is 10.2. The maximum atomic E-state index is 10.2. The first-order chi connectivity index (χ1) is 10.9. The van der Waals surface area contributed by atoms with Crippen molar-refractivity contribution in [1.29, 1.82) is 5.26 Å². The van der Waals surface area contributed by atoms with E-state index in [1.807, 2.05) is 46.8 Å². The van der Waals surface area contributed by atoms with E-state index < -0.39 is 11.5 Å². The molecule has 0 saturated carbocycles. The van der Waals surface area contributed by atoms with E-state index in [2.05, 4.69) is 11.1 Å². The molecule has 1 aromatic heterocycles. The number of methoxy groups -OCH3 is 1. The Kier molecular flexibility index (Phi) is 6.78. The highest BCUT2D eigenvalue weighted by Crippen LogP contribution is 2.40. The second kappa shape index (κ2) is 8.12. The van der Waals surface area contributed by atoms with Crippen molar-refractivity contribution in [3.63, 3.8) is 0 Å². The van der Waals surface area contributed by atoms with E-state index in [0.29, 0.717) is 18.7 Å². The first-order valence-corrected chi connectivity index (χ1v) is 8.11. The molecule has 0 unspecified atom stereocenters. The molecule has 0 amide bonds. The van der Waals surface area contributed by atoms with Gasteiger partial charge in [-0.25, -0.2) is 4.98 Å². The van der Waals surface area contributed by atoms with E-state index >= 15 is 0 Å². The lowest BCUT2D eigenvalue weighted by molar-refractivity contribution is 0.101. The standard InChI is InChI=1S/C19H28N2O2/c1-7-14(4)19(12-20,11-13(3)17(22)8-2)16-9-10-18(23-6)21-15(16)5/h7,9-10,13,17,22H,8,11H2,1-6H3/b14-7+/t13-,17+,19-/m0/s1. The van der Waals surface area contributed by atoms with Crippen LogP contribution in [0.4, 0.5) is 0 Å². The summed E-state index contributed by atoms with van der Waals surface area (Å²) in [5, 5.41) is 20.2. The molecule has 4 heteroatoms. The molecule has 0 aliphatic rings. The van der Waals surface area contributed by atoms with Gasteiger partial charge in [0.2, 0.25) is 5.88 Å². The van der Waals surface area contributed by atoms with E-state index in [-0.39, 0.29) is 5.92 Å². The number of nitrogens with zero attached hydrogens (tertiary/aromatic N) is 2. The van der Waals surface area contributed by atoms with Gasteiger partial charge in [-0.05, 0) is 51.2 Å². The van der Waals surface area contributed by atoms with E-state index in [1.165, 1.54) is 0 Å². The molecule has 4 nitrogen and oxygen atoms in total. The van der Waals surface area contributed by atoms with Crippen LogP contribution in [0.15, 0.2) is 23.8 Å². The minimum Gasteiger partial charge on any atom is -0.481 e. The summed E-state index contributed by atoms with van der Waals surface area (Å²) in [6.45, 7) is 9.76. The number of allylic oxidation sites excluding steroid dienone is 2. The van der Waals surface area contributed by atoms with Crippen molar-refractivity contribution in [3.8, 4) is 11.9 Å². The van der Waals surface area contributed by atoms with Crippen LogP contribution in [0.2, 0.25) is 0 Å². The number of hydrogen-bond acceptors (Lipinski definition) is 4. The third-order valence-corrected chi connectivity index (χ3v) is 4.73. The van der Waals surface area contributed by atoms with Gasteiger partial charge in [0.1, 0.15) is 5.41 Å². The van der Waals surface area contributed by atoms with E-state index in [4.69, 9.17) is 4.74 Å². The second-order valence-electron chi connectivity index (χ2n) is 6.13. The van der Waals surface area contributed by atoms with Crippen molar-refractivity contribution in [2.24, 2.45) is 5.92 Å². The third kappa shape index (κ3) is 3.92. The van der Waals surface area contributed by atoms with Crippen LogP contribution in [0.1, 0.15) is 51.8 Å². The number of aryl methyl sites for hydroxylation is 1. The molecule has 1 N–H and O–H groups in total. The summed E-state index contributed by atoms with van der Waals surface area (Å²) in [6.07, 6.45) is 2.79. The van der Waals surface area contributed by atoms with Gasteiger partial charge in [-0.2, -0.15) is 5.26 Å². The Hall–Kier alpha value is -1.86. The molecule has 0 fully saturated rings. The summed E-state index contributed by atoms with van der Waals surface area (Å²) in [6, 6.07) is 6.22. The number of hydrogen-bond donors (Lipinski definition) is 1. The van der Waals surface area contributed by atoms with Gasteiger partial charge in [-0.15, -0.1) is 0 Å². The van der Waals surface area contributed by atoms with Crippen LogP contribution in [0.3, 0.4) is 0 Å². The van der Waals surface area contributed by atoms with Gasteiger partial charge in [0.05, 0.1) is 19.3 Å². The minimum atomic E-state index is -0.784. The van der Waals surface area contributed by atoms with E-state index in [0.717, 1.165) is 16.8 Å². The molecule has 0 aliphatic heterocycles. The molecule has 3 atom stereocenters. The third-order valence-electron chi connectivity index (χ3n) is 4.73.